The maximum Gasteiger partial charge on any atom is 0.407 e. The van der Waals surface area contributed by atoms with E-state index in [9.17, 15) is 9.59 Å². The summed E-state index contributed by atoms with van der Waals surface area (Å²) in [4.78, 5) is 23.4. The Bertz CT molecular complexity index is 670. The molecule has 0 saturated heterocycles. The molecule has 0 spiro atoms. The van der Waals surface area contributed by atoms with E-state index in [0.29, 0.717) is 31.0 Å². The van der Waals surface area contributed by atoms with Gasteiger partial charge in [0, 0.05) is 19.2 Å². The first-order valence-corrected chi connectivity index (χ1v) is 7.61. The Hall–Kier alpha value is -2.77. The third kappa shape index (κ3) is 5.45. The highest BCUT2D eigenvalue weighted by atomic mass is 16.6. The fraction of sp³-hybridized carbons (Fsp3) is 0.438. The number of hydrogen-bond acceptors (Lipinski definition) is 6. The highest BCUT2D eigenvalue weighted by Gasteiger charge is 2.16. The number of rotatable bonds is 6. The number of amides is 2. The number of carbonyl (C=O) groups excluding carboxylic acids is 2. The summed E-state index contributed by atoms with van der Waals surface area (Å²) in [6, 6.07) is 4.94. The first-order valence-electron chi connectivity index (χ1n) is 7.61. The van der Waals surface area contributed by atoms with Crippen molar-refractivity contribution >= 4 is 12.0 Å². The topological polar surface area (TPSA) is 107 Å². The summed E-state index contributed by atoms with van der Waals surface area (Å²) in [5.41, 5.74) is -0.363. The second-order valence-electron chi connectivity index (χ2n) is 6.09. The zero-order valence-corrected chi connectivity index (χ0v) is 13.9. The molecule has 0 aromatic carbocycles. The first-order chi connectivity index (χ1) is 11.3. The van der Waals surface area contributed by atoms with Crippen molar-refractivity contribution in [2.75, 3.05) is 13.1 Å². The van der Waals surface area contributed by atoms with Crippen molar-refractivity contribution in [3.8, 4) is 11.5 Å². The molecule has 2 rings (SSSR count). The monoisotopic (exact) mass is 335 g/mol. The summed E-state index contributed by atoms with van der Waals surface area (Å²) in [6.45, 7) is 6.16. The van der Waals surface area contributed by atoms with E-state index < -0.39 is 11.7 Å². The van der Waals surface area contributed by atoms with Crippen LogP contribution in [0.25, 0.3) is 11.5 Å². The van der Waals surface area contributed by atoms with E-state index in [1.807, 2.05) is 0 Å². The molecule has 0 saturated carbocycles. The van der Waals surface area contributed by atoms with Crippen LogP contribution < -0.4 is 10.6 Å². The van der Waals surface area contributed by atoms with Crippen molar-refractivity contribution < 1.29 is 23.3 Å². The molecule has 2 N–H and O–H groups in total. The molecule has 0 aliphatic carbocycles. The first kappa shape index (κ1) is 17.6. The molecule has 2 aromatic rings. The Balaban J connectivity index is 1.68. The van der Waals surface area contributed by atoms with Crippen LogP contribution in [0.1, 0.15) is 37.7 Å². The summed E-state index contributed by atoms with van der Waals surface area (Å²) in [7, 11) is 0. The van der Waals surface area contributed by atoms with Crippen molar-refractivity contribution in [1.82, 2.24) is 15.8 Å². The molecule has 2 heterocycles. The van der Waals surface area contributed by atoms with Crippen LogP contribution in [0.4, 0.5) is 4.79 Å². The summed E-state index contributed by atoms with van der Waals surface area (Å²) < 4.78 is 15.3. The molecule has 0 aliphatic rings. The number of nitrogens with one attached hydrogen (secondary N) is 2. The lowest BCUT2D eigenvalue weighted by Gasteiger charge is -2.19. The van der Waals surface area contributed by atoms with Gasteiger partial charge in [0.25, 0.3) is 5.91 Å². The van der Waals surface area contributed by atoms with Crippen LogP contribution in [-0.4, -0.2) is 35.8 Å². The molecule has 130 valence electrons. The lowest BCUT2D eigenvalue weighted by molar-refractivity contribution is 0.0527. The van der Waals surface area contributed by atoms with Gasteiger partial charge in [0.1, 0.15) is 5.60 Å². The Morgan fingerprint density at radius 1 is 1.21 bits per heavy atom. The lowest BCUT2D eigenvalue weighted by atomic mass is 10.2. The Morgan fingerprint density at radius 2 is 1.96 bits per heavy atom. The van der Waals surface area contributed by atoms with Crippen LogP contribution in [0.15, 0.2) is 33.4 Å². The summed E-state index contributed by atoms with van der Waals surface area (Å²) >= 11 is 0. The van der Waals surface area contributed by atoms with E-state index in [4.69, 9.17) is 13.7 Å². The summed E-state index contributed by atoms with van der Waals surface area (Å²) in [6.07, 6.45) is 1.59. The number of hydrogen-bond donors (Lipinski definition) is 2. The molecule has 0 aliphatic heterocycles. The van der Waals surface area contributed by atoms with Gasteiger partial charge < -0.3 is 24.3 Å². The predicted molar refractivity (Wildman–Crippen MR) is 85.4 cm³/mol. The number of aromatic nitrogens is 1. The molecular formula is C16H21N3O5. The summed E-state index contributed by atoms with van der Waals surface area (Å²) in [5.74, 6) is 0.536. The van der Waals surface area contributed by atoms with Gasteiger partial charge in [-0.1, -0.05) is 5.16 Å². The zero-order chi connectivity index (χ0) is 17.6. The average molecular weight is 335 g/mol. The second-order valence-corrected chi connectivity index (χ2v) is 6.09. The number of carbonyl (C=O) groups is 2. The Kier molecular flexibility index (Phi) is 5.62. The maximum absolute atomic E-state index is 11.9. The molecule has 2 amide bonds. The molecule has 8 heteroatoms. The Labute approximate surface area is 139 Å². The van der Waals surface area contributed by atoms with Gasteiger partial charge in [-0.3, -0.25) is 4.79 Å². The fourth-order valence-corrected chi connectivity index (χ4v) is 1.80. The maximum atomic E-state index is 11.9. The molecule has 0 atom stereocenters. The van der Waals surface area contributed by atoms with Gasteiger partial charge in [-0.2, -0.15) is 0 Å². The average Bonchev–Trinajstić information content (AvgIpc) is 3.15. The molecule has 0 bridgehead atoms. The van der Waals surface area contributed by atoms with Gasteiger partial charge in [-0.25, -0.2) is 4.79 Å². The third-order valence-electron chi connectivity index (χ3n) is 2.81. The van der Waals surface area contributed by atoms with Gasteiger partial charge in [-0.05, 0) is 39.3 Å². The molecule has 8 nitrogen and oxygen atoms in total. The smallest absolute Gasteiger partial charge is 0.407 e. The molecule has 24 heavy (non-hydrogen) atoms. The highest BCUT2D eigenvalue weighted by molar-refractivity contribution is 5.92. The number of alkyl carbamates (subject to hydrolysis) is 1. The van der Waals surface area contributed by atoms with E-state index in [1.165, 1.54) is 12.3 Å². The molecular weight excluding hydrogens is 314 g/mol. The predicted octanol–water partition coefficient (Wildman–Crippen LogP) is 2.58. The molecule has 0 unspecified atom stereocenters. The minimum atomic E-state index is -0.531. The highest BCUT2D eigenvalue weighted by Crippen LogP contribution is 2.20. The fourth-order valence-electron chi connectivity index (χ4n) is 1.80. The van der Waals surface area contributed by atoms with Crippen molar-refractivity contribution in [2.24, 2.45) is 0 Å². The van der Waals surface area contributed by atoms with Gasteiger partial charge in [0.2, 0.25) is 5.76 Å². The molecule has 0 fully saturated rings. The van der Waals surface area contributed by atoms with Crippen LogP contribution in [0.3, 0.4) is 0 Å². The number of furan rings is 1. The number of nitrogens with zero attached hydrogens (tertiary/aromatic N) is 1. The van der Waals surface area contributed by atoms with E-state index in [-0.39, 0.29) is 11.6 Å². The SMILES string of the molecule is CC(C)(C)OC(=O)NCCCNC(=O)c1cc(-c2ccco2)on1. The largest absolute Gasteiger partial charge is 0.461 e. The van der Waals surface area contributed by atoms with Crippen LogP contribution in [0.5, 0.6) is 0 Å². The van der Waals surface area contributed by atoms with Gasteiger partial charge in [0.15, 0.2) is 11.5 Å². The second kappa shape index (κ2) is 7.67. The number of ether oxygens (including phenoxy) is 1. The normalized spacial score (nSPS) is 11.1. The quantitative estimate of drug-likeness (QED) is 0.786. The van der Waals surface area contributed by atoms with E-state index in [0.717, 1.165) is 0 Å². The standard InChI is InChI=1S/C16H21N3O5/c1-16(2,3)23-15(21)18-8-5-7-17-14(20)11-10-13(24-19-11)12-6-4-9-22-12/h4,6,9-10H,5,7-8H2,1-3H3,(H,17,20)(H,18,21). The van der Waals surface area contributed by atoms with Crippen molar-refractivity contribution in [3.05, 3.63) is 30.2 Å². The minimum absolute atomic E-state index is 0.168. The summed E-state index contributed by atoms with van der Waals surface area (Å²) in [5, 5.41) is 9.01. The van der Waals surface area contributed by atoms with Crippen molar-refractivity contribution in [1.29, 1.82) is 0 Å². The van der Waals surface area contributed by atoms with E-state index >= 15 is 0 Å². The van der Waals surface area contributed by atoms with Gasteiger partial charge in [-0.15, -0.1) is 0 Å². The van der Waals surface area contributed by atoms with E-state index in [1.54, 1.807) is 32.9 Å². The Morgan fingerprint density at radius 3 is 2.62 bits per heavy atom. The van der Waals surface area contributed by atoms with Crippen LogP contribution in [0.2, 0.25) is 0 Å². The minimum Gasteiger partial charge on any atom is -0.461 e. The molecule has 0 radical (unpaired) electrons. The van der Waals surface area contributed by atoms with Crippen molar-refractivity contribution in [3.63, 3.8) is 0 Å². The van der Waals surface area contributed by atoms with Gasteiger partial charge in [0.05, 0.1) is 6.26 Å². The zero-order valence-electron chi connectivity index (χ0n) is 13.9. The van der Waals surface area contributed by atoms with Crippen LogP contribution in [-0.2, 0) is 4.74 Å². The van der Waals surface area contributed by atoms with E-state index in [2.05, 4.69) is 15.8 Å². The van der Waals surface area contributed by atoms with Gasteiger partial charge >= 0.3 is 6.09 Å². The lowest BCUT2D eigenvalue weighted by Crippen LogP contribution is -2.34. The van der Waals surface area contributed by atoms with Crippen LogP contribution in [0, 0.1) is 0 Å². The third-order valence-corrected chi connectivity index (χ3v) is 2.81. The molecule has 2 aromatic heterocycles. The van der Waals surface area contributed by atoms with Crippen LogP contribution >= 0.6 is 0 Å². The van der Waals surface area contributed by atoms with Crippen molar-refractivity contribution in [2.45, 2.75) is 32.8 Å².